The van der Waals surface area contributed by atoms with Crippen LogP contribution in [0, 0.1) is 11.3 Å². The van der Waals surface area contributed by atoms with Crippen LogP contribution in [0.15, 0.2) is 18.5 Å². The Bertz CT molecular complexity index is 339. The topological polar surface area (TPSA) is 53.8 Å². The highest BCUT2D eigenvalue weighted by Gasteiger charge is 1.98. The molecule has 0 fully saturated rings. The normalized spacial score (nSPS) is 9.00. The number of rotatable bonds is 2. The van der Waals surface area contributed by atoms with Crippen molar-refractivity contribution in [1.29, 1.82) is 5.26 Å². The number of nitriles is 1. The average molecular weight is 160 g/mol. The first-order chi connectivity index (χ1) is 5.72. The SMILES string of the molecule is CC(=O)Cc1cncc(C#N)c1. The Labute approximate surface area is 70.7 Å². The second-order valence-corrected chi connectivity index (χ2v) is 2.57. The van der Waals surface area contributed by atoms with E-state index in [2.05, 4.69) is 4.98 Å². The first-order valence-corrected chi connectivity index (χ1v) is 3.56. The highest BCUT2D eigenvalue weighted by Crippen LogP contribution is 2.02. The molecule has 1 heterocycles. The number of Topliss-reactive ketones (excluding diaryl/α,β-unsaturated/α-hetero) is 1. The summed E-state index contributed by atoms with van der Waals surface area (Å²) in [6.45, 7) is 1.51. The van der Waals surface area contributed by atoms with E-state index in [0.29, 0.717) is 12.0 Å². The minimum Gasteiger partial charge on any atom is -0.300 e. The number of nitrogens with zero attached hydrogens (tertiary/aromatic N) is 2. The van der Waals surface area contributed by atoms with Gasteiger partial charge in [-0.2, -0.15) is 5.26 Å². The number of hydrogen-bond donors (Lipinski definition) is 0. The molecule has 0 aromatic carbocycles. The number of aromatic nitrogens is 1. The van der Waals surface area contributed by atoms with Crippen LogP contribution >= 0.6 is 0 Å². The third kappa shape index (κ3) is 2.17. The van der Waals surface area contributed by atoms with Crippen molar-refractivity contribution in [3.63, 3.8) is 0 Å². The van der Waals surface area contributed by atoms with E-state index in [9.17, 15) is 4.79 Å². The minimum absolute atomic E-state index is 0.0758. The quantitative estimate of drug-likeness (QED) is 0.650. The maximum absolute atomic E-state index is 10.7. The molecule has 3 nitrogen and oxygen atoms in total. The molecule has 0 aliphatic carbocycles. The van der Waals surface area contributed by atoms with Crippen LogP contribution in [-0.2, 0) is 11.2 Å². The number of hydrogen-bond acceptors (Lipinski definition) is 3. The van der Waals surface area contributed by atoms with Crippen molar-refractivity contribution in [2.45, 2.75) is 13.3 Å². The van der Waals surface area contributed by atoms with Gasteiger partial charge in [-0.25, -0.2) is 0 Å². The van der Waals surface area contributed by atoms with E-state index < -0.39 is 0 Å². The zero-order valence-corrected chi connectivity index (χ0v) is 6.74. The fourth-order valence-corrected chi connectivity index (χ4v) is 0.933. The summed E-state index contributed by atoms with van der Waals surface area (Å²) in [4.78, 5) is 14.5. The summed E-state index contributed by atoms with van der Waals surface area (Å²) in [7, 11) is 0. The van der Waals surface area contributed by atoms with Crippen LogP contribution in [0.2, 0.25) is 0 Å². The van der Waals surface area contributed by atoms with Crippen molar-refractivity contribution >= 4 is 5.78 Å². The van der Waals surface area contributed by atoms with Crippen molar-refractivity contribution in [2.24, 2.45) is 0 Å². The number of pyridine rings is 1. The van der Waals surface area contributed by atoms with Crippen LogP contribution in [-0.4, -0.2) is 10.8 Å². The van der Waals surface area contributed by atoms with E-state index in [4.69, 9.17) is 5.26 Å². The largest absolute Gasteiger partial charge is 0.300 e. The summed E-state index contributed by atoms with van der Waals surface area (Å²) in [6.07, 6.45) is 3.42. The van der Waals surface area contributed by atoms with E-state index >= 15 is 0 Å². The molecule has 1 aromatic heterocycles. The lowest BCUT2D eigenvalue weighted by Gasteiger charge is -1.95. The first kappa shape index (κ1) is 8.41. The Morgan fingerprint density at radius 3 is 3.00 bits per heavy atom. The van der Waals surface area contributed by atoms with Gasteiger partial charge in [0, 0.05) is 18.8 Å². The van der Waals surface area contributed by atoms with Gasteiger partial charge in [0.2, 0.25) is 0 Å². The standard InChI is InChI=1S/C9H8N2O/c1-7(12)2-8-3-9(4-10)6-11-5-8/h3,5-6H,2H2,1H3. The van der Waals surface area contributed by atoms with E-state index in [1.165, 1.54) is 13.1 Å². The molecule has 0 atom stereocenters. The molecule has 0 bridgehead atoms. The Morgan fingerprint density at radius 2 is 2.42 bits per heavy atom. The molecule has 60 valence electrons. The molecule has 0 aliphatic rings. The lowest BCUT2D eigenvalue weighted by molar-refractivity contribution is -0.116. The highest BCUT2D eigenvalue weighted by atomic mass is 16.1. The highest BCUT2D eigenvalue weighted by molar-refractivity contribution is 5.78. The second-order valence-electron chi connectivity index (χ2n) is 2.57. The van der Waals surface area contributed by atoms with Gasteiger partial charge in [-0.15, -0.1) is 0 Å². The Hall–Kier alpha value is -1.69. The summed E-state index contributed by atoms with van der Waals surface area (Å²) in [5.41, 5.74) is 1.29. The van der Waals surface area contributed by atoms with Gasteiger partial charge in [-0.1, -0.05) is 0 Å². The van der Waals surface area contributed by atoms with Crippen molar-refractivity contribution in [1.82, 2.24) is 4.98 Å². The van der Waals surface area contributed by atoms with Crippen LogP contribution in [0.3, 0.4) is 0 Å². The maximum Gasteiger partial charge on any atom is 0.134 e. The van der Waals surface area contributed by atoms with Gasteiger partial charge in [0.1, 0.15) is 11.9 Å². The maximum atomic E-state index is 10.7. The van der Waals surface area contributed by atoms with Gasteiger partial charge in [-0.3, -0.25) is 9.78 Å². The number of carbonyl (C=O) groups is 1. The Kier molecular flexibility index (Phi) is 2.54. The molecule has 0 aliphatic heterocycles. The smallest absolute Gasteiger partial charge is 0.134 e. The Balaban J connectivity index is 2.88. The lowest BCUT2D eigenvalue weighted by atomic mass is 10.1. The van der Waals surface area contributed by atoms with E-state index in [1.54, 1.807) is 12.3 Å². The monoisotopic (exact) mass is 160 g/mol. The zero-order valence-electron chi connectivity index (χ0n) is 6.74. The van der Waals surface area contributed by atoms with Gasteiger partial charge < -0.3 is 0 Å². The van der Waals surface area contributed by atoms with E-state index in [0.717, 1.165) is 5.56 Å². The van der Waals surface area contributed by atoms with Gasteiger partial charge in [0.05, 0.1) is 5.56 Å². The molecular formula is C9H8N2O. The summed E-state index contributed by atoms with van der Waals surface area (Å²) >= 11 is 0. The average Bonchev–Trinajstić information content (AvgIpc) is 2.03. The number of ketones is 1. The van der Waals surface area contributed by atoms with Crippen LogP contribution in [0.4, 0.5) is 0 Å². The second kappa shape index (κ2) is 3.63. The van der Waals surface area contributed by atoms with Crippen LogP contribution < -0.4 is 0 Å². The van der Waals surface area contributed by atoms with Crippen molar-refractivity contribution < 1.29 is 4.79 Å². The van der Waals surface area contributed by atoms with E-state index in [-0.39, 0.29) is 5.78 Å². The summed E-state index contributed by atoms with van der Waals surface area (Å²) < 4.78 is 0. The molecule has 0 unspecified atom stereocenters. The van der Waals surface area contributed by atoms with Gasteiger partial charge >= 0.3 is 0 Å². The number of carbonyl (C=O) groups excluding carboxylic acids is 1. The molecule has 12 heavy (non-hydrogen) atoms. The van der Waals surface area contributed by atoms with Crippen molar-refractivity contribution in [3.8, 4) is 6.07 Å². The van der Waals surface area contributed by atoms with Crippen LogP contribution in [0.5, 0.6) is 0 Å². The summed E-state index contributed by atoms with van der Waals surface area (Å²) in [5, 5.41) is 8.52. The van der Waals surface area contributed by atoms with E-state index in [1.807, 2.05) is 6.07 Å². The molecule has 0 radical (unpaired) electrons. The third-order valence-electron chi connectivity index (χ3n) is 1.38. The van der Waals surface area contributed by atoms with Gasteiger partial charge in [-0.05, 0) is 18.6 Å². The predicted octanol–water partition coefficient (Wildman–Crippen LogP) is 1.08. The van der Waals surface area contributed by atoms with Gasteiger partial charge in [0.15, 0.2) is 0 Å². The van der Waals surface area contributed by atoms with Gasteiger partial charge in [0.25, 0.3) is 0 Å². The molecule has 1 aromatic rings. The Morgan fingerprint density at radius 1 is 1.67 bits per heavy atom. The molecular weight excluding hydrogens is 152 g/mol. The molecule has 0 saturated heterocycles. The molecule has 3 heteroatoms. The van der Waals surface area contributed by atoms with Crippen LogP contribution in [0.25, 0.3) is 0 Å². The summed E-state index contributed by atoms with van der Waals surface area (Å²) in [6, 6.07) is 3.64. The first-order valence-electron chi connectivity index (χ1n) is 3.56. The molecule has 1 rings (SSSR count). The van der Waals surface area contributed by atoms with Crippen molar-refractivity contribution in [2.75, 3.05) is 0 Å². The fourth-order valence-electron chi connectivity index (χ4n) is 0.933. The fraction of sp³-hybridized carbons (Fsp3) is 0.222. The molecule has 0 amide bonds. The molecule has 0 N–H and O–H groups in total. The zero-order chi connectivity index (χ0) is 8.97. The summed E-state index contributed by atoms with van der Waals surface area (Å²) in [5.74, 6) is 0.0758. The molecule has 0 spiro atoms. The van der Waals surface area contributed by atoms with Crippen LogP contribution in [0.1, 0.15) is 18.1 Å². The minimum atomic E-state index is 0.0758. The predicted molar refractivity (Wildman–Crippen MR) is 43.3 cm³/mol. The lowest BCUT2D eigenvalue weighted by Crippen LogP contribution is -1.97. The van der Waals surface area contributed by atoms with Crippen molar-refractivity contribution in [3.05, 3.63) is 29.6 Å². The molecule has 0 saturated carbocycles. The third-order valence-corrected chi connectivity index (χ3v) is 1.38.